The molecule has 3 rings (SSSR count). The molecule has 29 heavy (non-hydrogen) atoms. The molecular formula is C20H24FN5O3. The number of piperazine rings is 1. The first-order valence-electron chi connectivity index (χ1n) is 9.31. The maximum absolute atomic E-state index is 14.4. The molecule has 154 valence electrons. The maximum atomic E-state index is 14.4. The highest BCUT2D eigenvalue weighted by molar-refractivity contribution is 5.88. The summed E-state index contributed by atoms with van der Waals surface area (Å²) in [5, 5.41) is 2.79. The standard InChI is InChI=1S/C20H24FN5O3/c1-25(13-15-11-22-5-6-23-15)19(27)10-18-20(28)24-7-8-26(18)12-14-3-4-16(29-2)9-17(14)21/h3-6,9,11,18H,7-8,10,12-13H2,1-2H3,(H,24,28). The van der Waals surface area contributed by atoms with Crippen molar-refractivity contribution in [3.05, 3.63) is 53.9 Å². The van der Waals surface area contributed by atoms with Gasteiger partial charge in [-0.15, -0.1) is 0 Å². The van der Waals surface area contributed by atoms with Crippen molar-refractivity contribution in [2.75, 3.05) is 27.2 Å². The van der Waals surface area contributed by atoms with E-state index in [0.717, 1.165) is 0 Å². The van der Waals surface area contributed by atoms with Crippen molar-refractivity contribution in [1.82, 2.24) is 25.1 Å². The van der Waals surface area contributed by atoms with Gasteiger partial charge < -0.3 is 15.0 Å². The number of halogens is 1. The monoisotopic (exact) mass is 401 g/mol. The number of nitrogens with zero attached hydrogens (tertiary/aromatic N) is 4. The number of ether oxygens (including phenoxy) is 1. The number of carbonyl (C=O) groups is 2. The van der Waals surface area contributed by atoms with Crippen molar-refractivity contribution in [3.8, 4) is 5.75 Å². The van der Waals surface area contributed by atoms with E-state index in [-0.39, 0.29) is 24.8 Å². The molecule has 1 unspecified atom stereocenters. The summed E-state index contributed by atoms with van der Waals surface area (Å²) in [6, 6.07) is 3.97. The van der Waals surface area contributed by atoms with Gasteiger partial charge in [0.15, 0.2) is 0 Å². The van der Waals surface area contributed by atoms with Gasteiger partial charge in [0.1, 0.15) is 11.6 Å². The lowest BCUT2D eigenvalue weighted by atomic mass is 10.1. The summed E-state index contributed by atoms with van der Waals surface area (Å²) in [5.74, 6) is -0.399. The van der Waals surface area contributed by atoms with Gasteiger partial charge in [-0.1, -0.05) is 6.07 Å². The number of carbonyl (C=O) groups excluding carboxylic acids is 2. The van der Waals surface area contributed by atoms with Gasteiger partial charge in [0.05, 0.1) is 38.0 Å². The van der Waals surface area contributed by atoms with Crippen LogP contribution in [0.4, 0.5) is 4.39 Å². The summed E-state index contributed by atoms with van der Waals surface area (Å²) < 4.78 is 19.4. The molecule has 0 aliphatic carbocycles. The van der Waals surface area contributed by atoms with Crippen LogP contribution in [0.1, 0.15) is 17.7 Å². The quantitative estimate of drug-likeness (QED) is 0.744. The minimum atomic E-state index is -0.665. The van der Waals surface area contributed by atoms with E-state index in [2.05, 4.69) is 15.3 Å². The Bertz CT molecular complexity index is 864. The van der Waals surface area contributed by atoms with E-state index in [1.807, 2.05) is 4.90 Å². The van der Waals surface area contributed by atoms with Crippen molar-refractivity contribution in [2.45, 2.75) is 25.6 Å². The summed E-state index contributed by atoms with van der Waals surface area (Å²) in [6.45, 7) is 1.52. The molecule has 1 saturated heterocycles. The minimum Gasteiger partial charge on any atom is -0.497 e. The normalized spacial score (nSPS) is 16.9. The van der Waals surface area contributed by atoms with Crippen LogP contribution in [0.25, 0.3) is 0 Å². The predicted octanol–water partition coefficient (Wildman–Crippen LogP) is 0.973. The fourth-order valence-corrected chi connectivity index (χ4v) is 3.24. The summed E-state index contributed by atoms with van der Waals surface area (Å²) in [7, 11) is 3.13. The Balaban J connectivity index is 1.68. The number of hydrogen-bond donors (Lipinski definition) is 1. The number of rotatable bonds is 7. The van der Waals surface area contributed by atoms with Crippen LogP contribution < -0.4 is 10.1 Å². The molecule has 1 N–H and O–H groups in total. The van der Waals surface area contributed by atoms with Crippen LogP contribution in [0.5, 0.6) is 5.75 Å². The van der Waals surface area contributed by atoms with E-state index in [1.165, 1.54) is 18.1 Å². The number of amides is 2. The molecule has 0 radical (unpaired) electrons. The summed E-state index contributed by atoms with van der Waals surface area (Å²) in [4.78, 5) is 36.6. The first-order valence-corrected chi connectivity index (χ1v) is 9.31. The highest BCUT2D eigenvalue weighted by Gasteiger charge is 2.33. The zero-order valence-electron chi connectivity index (χ0n) is 16.5. The van der Waals surface area contributed by atoms with Crippen LogP contribution in [0, 0.1) is 5.82 Å². The topological polar surface area (TPSA) is 87.7 Å². The molecule has 0 spiro atoms. The van der Waals surface area contributed by atoms with Crippen molar-refractivity contribution in [1.29, 1.82) is 0 Å². The zero-order valence-corrected chi connectivity index (χ0v) is 16.5. The van der Waals surface area contributed by atoms with Gasteiger partial charge in [-0.05, 0) is 6.07 Å². The van der Waals surface area contributed by atoms with Gasteiger partial charge in [0, 0.05) is 50.7 Å². The van der Waals surface area contributed by atoms with Gasteiger partial charge >= 0.3 is 0 Å². The van der Waals surface area contributed by atoms with Gasteiger partial charge in [0.2, 0.25) is 11.8 Å². The first kappa shape index (κ1) is 20.7. The fraction of sp³-hybridized carbons (Fsp3) is 0.400. The molecule has 1 atom stereocenters. The summed E-state index contributed by atoms with van der Waals surface area (Å²) in [5.41, 5.74) is 1.11. The van der Waals surface area contributed by atoms with Crippen LogP contribution in [0.2, 0.25) is 0 Å². The third-order valence-corrected chi connectivity index (χ3v) is 4.88. The van der Waals surface area contributed by atoms with Gasteiger partial charge in [0.25, 0.3) is 0 Å². The van der Waals surface area contributed by atoms with Crippen molar-refractivity contribution >= 4 is 11.8 Å². The molecule has 0 bridgehead atoms. The van der Waals surface area contributed by atoms with Crippen molar-refractivity contribution in [2.24, 2.45) is 0 Å². The average molecular weight is 401 g/mol. The van der Waals surface area contributed by atoms with Crippen LogP contribution in [0.15, 0.2) is 36.8 Å². The first-order chi connectivity index (χ1) is 14.0. The molecule has 0 saturated carbocycles. The Morgan fingerprint density at radius 3 is 2.93 bits per heavy atom. The Labute approximate surface area is 168 Å². The second-order valence-corrected chi connectivity index (χ2v) is 6.89. The van der Waals surface area contributed by atoms with Crippen LogP contribution >= 0.6 is 0 Å². The lowest BCUT2D eigenvalue weighted by Gasteiger charge is -2.35. The Kier molecular flexibility index (Phi) is 6.71. The van der Waals surface area contributed by atoms with E-state index >= 15 is 0 Å². The average Bonchev–Trinajstić information content (AvgIpc) is 2.72. The van der Waals surface area contributed by atoms with Crippen LogP contribution in [-0.2, 0) is 22.7 Å². The minimum absolute atomic E-state index is 0.000366. The number of nitrogens with one attached hydrogen (secondary N) is 1. The molecule has 2 aromatic rings. The molecule has 2 heterocycles. The second-order valence-electron chi connectivity index (χ2n) is 6.89. The van der Waals surface area contributed by atoms with Gasteiger partial charge in [-0.25, -0.2) is 4.39 Å². The number of hydrogen-bond acceptors (Lipinski definition) is 6. The molecule has 8 nitrogen and oxygen atoms in total. The highest BCUT2D eigenvalue weighted by atomic mass is 19.1. The van der Waals surface area contributed by atoms with E-state index < -0.39 is 11.9 Å². The molecule has 1 aliphatic heterocycles. The third-order valence-electron chi connectivity index (χ3n) is 4.88. The zero-order chi connectivity index (χ0) is 20.8. The molecule has 1 aliphatic rings. The van der Waals surface area contributed by atoms with E-state index in [0.29, 0.717) is 36.6 Å². The molecule has 9 heteroatoms. The highest BCUT2D eigenvalue weighted by Crippen LogP contribution is 2.20. The molecular weight excluding hydrogens is 377 g/mol. The van der Waals surface area contributed by atoms with Crippen molar-refractivity contribution < 1.29 is 18.7 Å². The number of benzene rings is 1. The maximum Gasteiger partial charge on any atom is 0.237 e. The number of methoxy groups -OCH3 is 1. The molecule has 1 fully saturated rings. The molecule has 2 amide bonds. The lowest BCUT2D eigenvalue weighted by Crippen LogP contribution is -2.56. The Morgan fingerprint density at radius 1 is 1.41 bits per heavy atom. The molecule has 1 aromatic heterocycles. The van der Waals surface area contributed by atoms with Gasteiger partial charge in [-0.2, -0.15) is 0 Å². The SMILES string of the molecule is COc1ccc(CN2CCNC(=O)C2CC(=O)N(C)Cc2cnccn2)c(F)c1. The van der Waals surface area contributed by atoms with E-state index in [4.69, 9.17) is 4.74 Å². The Morgan fingerprint density at radius 2 is 2.24 bits per heavy atom. The van der Waals surface area contributed by atoms with Crippen LogP contribution in [0.3, 0.4) is 0 Å². The Hall–Kier alpha value is -3.07. The molecule has 1 aromatic carbocycles. The van der Waals surface area contributed by atoms with E-state index in [1.54, 1.807) is 37.8 Å². The van der Waals surface area contributed by atoms with Crippen molar-refractivity contribution in [3.63, 3.8) is 0 Å². The fourth-order valence-electron chi connectivity index (χ4n) is 3.24. The largest absolute Gasteiger partial charge is 0.497 e. The lowest BCUT2D eigenvalue weighted by molar-refractivity contribution is -0.138. The summed E-state index contributed by atoms with van der Waals surface area (Å²) >= 11 is 0. The van der Waals surface area contributed by atoms with Crippen LogP contribution in [-0.4, -0.2) is 64.9 Å². The van der Waals surface area contributed by atoms with Gasteiger partial charge in [-0.3, -0.25) is 24.5 Å². The third kappa shape index (κ3) is 5.26. The second kappa shape index (κ2) is 9.42. The predicted molar refractivity (Wildman–Crippen MR) is 103 cm³/mol. The summed E-state index contributed by atoms with van der Waals surface area (Å²) in [6.07, 6.45) is 4.72. The smallest absolute Gasteiger partial charge is 0.237 e. The number of aromatic nitrogens is 2. The van der Waals surface area contributed by atoms with E-state index in [9.17, 15) is 14.0 Å².